The Bertz CT molecular complexity index is 854. The Hall–Kier alpha value is -2.18. The highest BCUT2D eigenvalue weighted by atomic mass is 35.5. The van der Waals surface area contributed by atoms with Crippen LogP contribution in [0.3, 0.4) is 0 Å². The zero-order valence-corrected chi connectivity index (χ0v) is 17.9. The second-order valence-corrected chi connectivity index (χ2v) is 7.89. The molecule has 0 saturated heterocycles. The molecule has 0 fully saturated rings. The maximum atomic E-state index is 12.3. The third-order valence-corrected chi connectivity index (χ3v) is 5.17. The van der Waals surface area contributed by atoms with Crippen molar-refractivity contribution in [1.82, 2.24) is 0 Å². The van der Waals surface area contributed by atoms with Gasteiger partial charge in [0.1, 0.15) is 5.75 Å². The molecule has 0 atom stereocenters. The summed E-state index contributed by atoms with van der Waals surface area (Å²) >= 11 is 7.54. The van der Waals surface area contributed by atoms with Crippen molar-refractivity contribution in [2.45, 2.75) is 32.6 Å². The molecule has 0 aliphatic rings. The van der Waals surface area contributed by atoms with Crippen LogP contribution < -0.4 is 10.1 Å². The summed E-state index contributed by atoms with van der Waals surface area (Å²) in [6.45, 7) is 5.49. The molecule has 0 heterocycles. The van der Waals surface area contributed by atoms with Gasteiger partial charge in [-0.15, -0.1) is 11.8 Å². The molecule has 0 aromatic heterocycles. The molecule has 0 aliphatic heterocycles. The number of benzene rings is 2. The monoisotopic (exact) mass is 421 g/mol. The molecule has 0 unspecified atom stereocenters. The maximum Gasteiger partial charge on any atom is 0.338 e. The molecular formula is C21H24ClNO4S. The molecule has 2 aromatic rings. The Morgan fingerprint density at radius 2 is 1.96 bits per heavy atom. The first kappa shape index (κ1) is 22.1. The van der Waals surface area contributed by atoms with Gasteiger partial charge in [0.25, 0.3) is 0 Å². The van der Waals surface area contributed by atoms with Gasteiger partial charge in [-0.3, -0.25) is 4.79 Å². The van der Waals surface area contributed by atoms with E-state index in [-0.39, 0.29) is 23.7 Å². The number of esters is 1. The van der Waals surface area contributed by atoms with Gasteiger partial charge in [0.2, 0.25) is 5.91 Å². The van der Waals surface area contributed by atoms with Crippen LogP contribution in [-0.2, 0) is 15.3 Å². The number of aryl methyl sites for hydroxylation is 1. The molecule has 5 nitrogen and oxygen atoms in total. The summed E-state index contributed by atoms with van der Waals surface area (Å²) in [5.41, 5.74) is 2.91. The van der Waals surface area contributed by atoms with Crippen LogP contribution in [0.25, 0.3) is 0 Å². The lowest BCUT2D eigenvalue weighted by Gasteiger charge is -2.12. The van der Waals surface area contributed by atoms with Gasteiger partial charge in [-0.1, -0.05) is 23.7 Å². The first-order chi connectivity index (χ1) is 13.3. The zero-order valence-electron chi connectivity index (χ0n) is 16.4. The Kier molecular flexibility index (Phi) is 8.20. The smallest absolute Gasteiger partial charge is 0.338 e. The highest BCUT2D eigenvalue weighted by Crippen LogP contribution is 2.31. The Balaban J connectivity index is 1.91. The fourth-order valence-electron chi connectivity index (χ4n) is 2.45. The molecule has 0 aliphatic carbocycles. The molecule has 0 radical (unpaired) electrons. The number of hydrogen-bond donors (Lipinski definition) is 1. The molecule has 150 valence electrons. The third kappa shape index (κ3) is 6.46. The quantitative estimate of drug-likeness (QED) is 0.601. The van der Waals surface area contributed by atoms with E-state index >= 15 is 0 Å². The van der Waals surface area contributed by atoms with Gasteiger partial charge in [-0.05, 0) is 50.1 Å². The summed E-state index contributed by atoms with van der Waals surface area (Å²) < 4.78 is 10.5. The van der Waals surface area contributed by atoms with Crippen LogP contribution in [-0.4, -0.2) is 30.8 Å². The van der Waals surface area contributed by atoms with E-state index in [1.54, 1.807) is 24.3 Å². The van der Waals surface area contributed by atoms with Crippen molar-refractivity contribution in [1.29, 1.82) is 0 Å². The predicted octanol–water partition coefficient (Wildman–Crippen LogP) is 5.09. The predicted molar refractivity (Wildman–Crippen MR) is 115 cm³/mol. The number of methoxy groups -OCH3 is 1. The number of rotatable bonds is 8. The molecule has 1 amide bonds. The fourth-order valence-corrected chi connectivity index (χ4v) is 3.38. The van der Waals surface area contributed by atoms with Gasteiger partial charge in [0.15, 0.2) is 0 Å². The van der Waals surface area contributed by atoms with Crippen LogP contribution in [0.15, 0.2) is 36.4 Å². The topological polar surface area (TPSA) is 64.6 Å². The molecule has 2 rings (SSSR count). The second-order valence-electron chi connectivity index (χ2n) is 6.50. The van der Waals surface area contributed by atoms with E-state index in [2.05, 4.69) is 5.32 Å². The minimum atomic E-state index is -0.343. The first-order valence-corrected chi connectivity index (χ1v) is 10.3. The third-order valence-electron chi connectivity index (χ3n) is 3.76. The number of halogens is 1. The van der Waals surface area contributed by atoms with Gasteiger partial charge < -0.3 is 14.8 Å². The Morgan fingerprint density at radius 1 is 1.21 bits per heavy atom. The normalized spacial score (nSPS) is 10.6. The van der Waals surface area contributed by atoms with E-state index in [1.165, 1.54) is 18.9 Å². The van der Waals surface area contributed by atoms with Crippen LogP contribution in [0.2, 0.25) is 5.02 Å². The lowest BCUT2D eigenvalue weighted by atomic mass is 10.1. The number of anilines is 1. The Morgan fingerprint density at radius 3 is 2.64 bits per heavy atom. The number of thioether (sulfide) groups is 1. The standard InChI is InChI=1S/C21H24ClNO4S/c1-13(2)27-21(25)16-7-5-6-15(9-16)11-28-12-20(24)23-18-8-14(3)17(22)10-19(18)26-4/h5-10,13H,11-12H2,1-4H3,(H,23,24). The second kappa shape index (κ2) is 10.4. The molecule has 0 spiro atoms. The molecule has 0 saturated carbocycles. The van der Waals surface area contributed by atoms with Gasteiger partial charge in [0.05, 0.1) is 30.2 Å². The van der Waals surface area contributed by atoms with Gasteiger partial charge in [0, 0.05) is 16.8 Å². The van der Waals surface area contributed by atoms with E-state index in [9.17, 15) is 9.59 Å². The summed E-state index contributed by atoms with van der Waals surface area (Å²) in [4.78, 5) is 24.3. The highest BCUT2D eigenvalue weighted by Gasteiger charge is 2.12. The lowest BCUT2D eigenvalue weighted by Crippen LogP contribution is -2.15. The summed E-state index contributed by atoms with van der Waals surface area (Å²) in [6.07, 6.45) is -0.164. The van der Waals surface area contributed by atoms with Crippen LogP contribution in [0.5, 0.6) is 5.75 Å². The van der Waals surface area contributed by atoms with Crippen molar-refractivity contribution in [2.24, 2.45) is 0 Å². The number of nitrogens with one attached hydrogen (secondary N) is 1. The molecular weight excluding hydrogens is 398 g/mol. The molecule has 2 aromatic carbocycles. The highest BCUT2D eigenvalue weighted by molar-refractivity contribution is 7.99. The Labute approximate surface area is 174 Å². The van der Waals surface area contributed by atoms with Crippen molar-refractivity contribution in [3.63, 3.8) is 0 Å². The van der Waals surface area contributed by atoms with Gasteiger partial charge >= 0.3 is 5.97 Å². The van der Waals surface area contributed by atoms with Crippen LogP contribution in [0.4, 0.5) is 5.69 Å². The number of ether oxygens (including phenoxy) is 2. The van der Waals surface area contributed by atoms with Crippen LogP contribution in [0, 0.1) is 6.92 Å². The lowest BCUT2D eigenvalue weighted by molar-refractivity contribution is -0.113. The van der Waals surface area contributed by atoms with E-state index in [1.807, 2.05) is 32.9 Å². The average molecular weight is 422 g/mol. The SMILES string of the molecule is COc1cc(Cl)c(C)cc1NC(=O)CSCc1cccc(C(=O)OC(C)C)c1. The first-order valence-electron chi connectivity index (χ1n) is 8.81. The maximum absolute atomic E-state index is 12.3. The van der Waals surface area contributed by atoms with Crippen molar-refractivity contribution >= 4 is 40.9 Å². The minimum absolute atomic E-state index is 0.139. The summed E-state index contributed by atoms with van der Waals surface area (Å²) in [5, 5.41) is 3.43. The van der Waals surface area contributed by atoms with E-state index in [0.717, 1.165) is 11.1 Å². The average Bonchev–Trinajstić information content (AvgIpc) is 2.64. The minimum Gasteiger partial charge on any atom is -0.495 e. The number of amides is 1. The van der Waals surface area contributed by atoms with Gasteiger partial charge in [-0.2, -0.15) is 0 Å². The van der Waals surface area contributed by atoms with Crippen molar-refractivity contribution in [3.05, 3.63) is 58.1 Å². The van der Waals surface area contributed by atoms with Gasteiger partial charge in [-0.25, -0.2) is 4.79 Å². The summed E-state index contributed by atoms with van der Waals surface area (Å²) in [7, 11) is 1.53. The van der Waals surface area contributed by atoms with E-state index in [0.29, 0.717) is 27.8 Å². The summed E-state index contributed by atoms with van der Waals surface area (Å²) in [6, 6.07) is 10.7. The van der Waals surface area contributed by atoms with Crippen LogP contribution in [0.1, 0.15) is 35.3 Å². The zero-order chi connectivity index (χ0) is 20.7. The molecule has 0 bridgehead atoms. The molecule has 1 N–H and O–H groups in total. The van der Waals surface area contributed by atoms with Crippen LogP contribution >= 0.6 is 23.4 Å². The van der Waals surface area contributed by atoms with E-state index < -0.39 is 0 Å². The van der Waals surface area contributed by atoms with Crippen molar-refractivity contribution in [3.8, 4) is 5.75 Å². The molecule has 28 heavy (non-hydrogen) atoms. The van der Waals surface area contributed by atoms with Crippen molar-refractivity contribution < 1.29 is 19.1 Å². The number of carbonyl (C=O) groups is 2. The van der Waals surface area contributed by atoms with Crippen molar-refractivity contribution in [2.75, 3.05) is 18.2 Å². The summed E-state index contributed by atoms with van der Waals surface area (Å²) in [5.74, 6) is 0.911. The number of hydrogen-bond acceptors (Lipinski definition) is 5. The number of carbonyl (C=O) groups excluding carboxylic acids is 2. The fraction of sp³-hybridized carbons (Fsp3) is 0.333. The largest absolute Gasteiger partial charge is 0.495 e. The van der Waals surface area contributed by atoms with E-state index in [4.69, 9.17) is 21.1 Å². The molecule has 7 heteroatoms.